The molecule has 0 radical (unpaired) electrons. The molecule has 9 heteroatoms. The lowest BCUT2D eigenvalue weighted by Gasteiger charge is -2.43. The van der Waals surface area contributed by atoms with Crippen LogP contribution in [-0.4, -0.2) is 72.7 Å². The van der Waals surface area contributed by atoms with E-state index in [0.29, 0.717) is 17.6 Å². The maximum Gasteiger partial charge on any atom is 0.337 e. The highest BCUT2D eigenvalue weighted by molar-refractivity contribution is 6.02. The maximum absolute atomic E-state index is 13.0. The van der Waals surface area contributed by atoms with E-state index in [9.17, 15) is 19.8 Å². The lowest BCUT2D eigenvalue weighted by molar-refractivity contribution is -0.297. The van der Waals surface area contributed by atoms with Crippen LogP contribution in [0.25, 0.3) is 5.57 Å². The van der Waals surface area contributed by atoms with Gasteiger partial charge in [-0.15, -0.1) is 0 Å². The van der Waals surface area contributed by atoms with Crippen molar-refractivity contribution in [2.45, 2.75) is 50.3 Å². The molecule has 2 aromatic rings. The number of rotatable bonds is 8. The van der Waals surface area contributed by atoms with E-state index in [1.54, 1.807) is 0 Å². The molecule has 35 heavy (non-hydrogen) atoms. The molecular formula is C26H29NO8. The third-order valence-corrected chi connectivity index (χ3v) is 5.99. The number of nitrogens with one attached hydrogen (secondary N) is 1. The van der Waals surface area contributed by atoms with Crippen molar-refractivity contribution in [3.05, 3.63) is 77.4 Å². The van der Waals surface area contributed by atoms with Gasteiger partial charge in [-0.1, -0.05) is 60.7 Å². The van der Waals surface area contributed by atoms with Crippen molar-refractivity contribution in [1.29, 1.82) is 0 Å². The second kappa shape index (κ2) is 11.1. The van der Waals surface area contributed by atoms with Crippen LogP contribution in [0.3, 0.4) is 0 Å². The Morgan fingerprint density at radius 3 is 2.31 bits per heavy atom. The summed E-state index contributed by atoms with van der Waals surface area (Å²) in [7, 11) is 1.43. The van der Waals surface area contributed by atoms with Gasteiger partial charge in [-0.3, -0.25) is 4.79 Å². The number of carbonyl (C=O) groups excluding carboxylic acids is 2. The van der Waals surface area contributed by atoms with Crippen molar-refractivity contribution in [1.82, 2.24) is 5.32 Å². The SMILES string of the molecule is COC[C@@H]1O[C@@H](O[C@H]2OC(=O)C(Cc3ccccc3)=C2c2ccccc2)[C@H](NC(C)=O)[C@@H](O)[C@@H]1O. The summed E-state index contributed by atoms with van der Waals surface area (Å²) in [5.41, 5.74) is 2.63. The van der Waals surface area contributed by atoms with E-state index in [1.807, 2.05) is 60.7 Å². The molecule has 1 amide bonds. The molecule has 2 aliphatic rings. The molecule has 0 aliphatic carbocycles. The van der Waals surface area contributed by atoms with Crippen LogP contribution >= 0.6 is 0 Å². The van der Waals surface area contributed by atoms with E-state index in [1.165, 1.54) is 14.0 Å². The molecule has 0 spiro atoms. The molecular weight excluding hydrogens is 454 g/mol. The third kappa shape index (κ3) is 5.61. The van der Waals surface area contributed by atoms with Crippen LogP contribution in [-0.2, 0) is 35.0 Å². The first-order chi connectivity index (χ1) is 16.9. The summed E-state index contributed by atoms with van der Waals surface area (Å²) >= 11 is 0. The highest BCUT2D eigenvalue weighted by Gasteiger charge is 2.48. The van der Waals surface area contributed by atoms with Gasteiger partial charge in [0.05, 0.1) is 12.2 Å². The molecule has 4 rings (SSSR count). The van der Waals surface area contributed by atoms with Gasteiger partial charge in [-0.2, -0.15) is 0 Å². The Bertz CT molecular complexity index is 1060. The van der Waals surface area contributed by atoms with Crippen molar-refractivity contribution in [2.75, 3.05) is 13.7 Å². The molecule has 0 saturated carbocycles. The smallest absolute Gasteiger partial charge is 0.337 e. The summed E-state index contributed by atoms with van der Waals surface area (Å²) in [6.07, 6.45) is -5.70. The van der Waals surface area contributed by atoms with Gasteiger partial charge >= 0.3 is 5.97 Å². The molecule has 2 aromatic carbocycles. The number of aliphatic hydroxyl groups excluding tert-OH is 2. The first-order valence-electron chi connectivity index (χ1n) is 11.4. The number of esters is 1. The Morgan fingerprint density at radius 1 is 1.03 bits per heavy atom. The van der Waals surface area contributed by atoms with E-state index >= 15 is 0 Å². The van der Waals surface area contributed by atoms with Crippen molar-refractivity contribution in [3.8, 4) is 0 Å². The predicted octanol–water partition coefficient (Wildman–Crippen LogP) is 1.18. The fourth-order valence-electron chi connectivity index (χ4n) is 4.33. The van der Waals surface area contributed by atoms with Crippen LogP contribution < -0.4 is 5.32 Å². The second-order valence-electron chi connectivity index (χ2n) is 8.50. The Hall–Kier alpha value is -3.08. The Kier molecular flexibility index (Phi) is 7.94. The average molecular weight is 484 g/mol. The molecule has 1 saturated heterocycles. The molecule has 3 N–H and O–H groups in total. The highest BCUT2D eigenvalue weighted by atomic mass is 16.8. The van der Waals surface area contributed by atoms with Crippen molar-refractivity contribution in [2.24, 2.45) is 0 Å². The molecule has 186 valence electrons. The number of benzene rings is 2. The first-order valence-corrected chi connectivity index (χ1v) is 11.4. The zero-order valence-corrected chi connectivity index (χ0v) is 19.5. The molecule has 0 unspecified atom stereocenters. The van der Waals surface area contributed by atoms with Gasteiger partial charge in [0.15, 0.2) is 6.29 Å². The highest BCUT2D eigenvalue weighted by Crippen LogP contribution is 2.36. The van der Waals surface area contributed by atoms with Crippen LogP contribution in [0.2, 0.25) is 0 Å². The number of aliphatic hydroxyl groups is 2. The van der Waals surface area contributed by atoms with Crippen LogP contribution in [0.1, 0.15) is 18.1 Å². The molecule has 1 fully saturated rings. The Labute approximate surface area is 203 Å². The van der Waals surface area contributed by atoms with Gasteiger partial charge in [-0.05, 0) is 11.1 Å². The zero-order chi connectivity index (χ0) is 24.9. The number of carbonyl (C=O) groups is 2. The quantitative estimate of drug-likeness (QED) is 0.479. The number of methoxy groups -OCH3 is 1. The summed E-state index contributed by atoms with van der Waals surface area (Å²) in [5, 5.41) is 23.7. The molecule has 6 atom stereocenters. The van der Waals surface area contributed by atoms with E-state index in [0.717, 1.165) is 11.1 Å². The van der Waals surface area contributed by atoms with Gasteiger partial charge in [0, 0.05) is 26.0 Å². The number of ether oxygens (including phenoxy) is 4. The molecule has 0 aromatic heterocycles. The number of hydrogen-bond donors (Lipinski definition) is 3. The van der Waals surface area contributed by atoms with Crippen molar-refractivity contribution in [3.63, 3.8) is 0 Å². The predicted molar refractivity (Wildman–Crippen MR) is 125 cm³/mol. The minimum atomic E-state index is -1.40. The third-order valence-electron chi connectivity index (χ3n) is 5.99. The summed E-state index contributed by atoms with van der Waals surface area (Å²) in [4.78, 5) is 24.8. The van der Waals surface area contributed by atoms with Gasteiger partial charge in [0.1, 0.15) is 24.4 Å². The van der Waals surface area contributed by atoms with Crippen molar-refractivity contribution < 1.29 is 38.7 Å². The first kappa shape index (κ1) is 25.0. The van der Waals surface area contributed by atoms with Crippen LogP contribution in [0.4, 0.5) is 0 Å². The van der Waals surface area contributed by atoms with Gasteiger partial charge in [-0.25, -0.2) is 4.79 Å². The molecule has 2 aliphatic heterocycles. The zero-order valence-electron chi connectivity index (χ0n) is 19.5. The monoisotopic (exact) mass is 483 g/mol. The summed E-state index contributed by atoms with van der Waals surface area (Å²) in [5.74, 6) is -0.978. The van der Waals surface area contributed by atoms with Gasteiger partial charge < -0.3 is 34.5 Å². The van der Waals surface area contributed by atoms with Crippen molar-refractivity contribution >= 4 is 17.4 Å². The number of cyclic esters (lactones) is 1. The lowest BCUT2D eigenvalue weighted by Crippen LogP contribution is -2.65. The molecule has 2 heterocycles. The fourth-order valence-corrected chi connectivity index (χ4v) is 4.33. The van der Waals surface area contributed by atoms with E-state index in [-0.39, 0.29) is 6.61 Å². The van der Waals surface area contributed by atoms with Crippen LogP contribution in [0, 0.1) is 0 Å². The normalized spacial score (nSPS) is 28.6. The van der Waals surface area contributed by atoms with E-state index in [4.69, 9.17) is 18.9 Å². The number of amides is 1. The largest absolute Gasteiger partial charge is 0.428 e. The second-order valence-corrected chi connectivity index (χ2v) is 8.50. The molecule has 9 nitrogen and oxygen atoms in total. The fraction of sp³-hybridized carbons (Fsp3) is 0.385. The summed E-state index contributed by atoms with van der Waals surface area (Å²) in [6, 6.07) is 17.6. The topological polar surface area (TPSA) is 124 Å². The average Bonchev–Trinajstić information content (AvgIpc) is 3.15. The van der Waals surface area contributed by atoms with Gasteiger partial charge in [0.2, 0.25) is 12.2 Å². The van der Waals surface area contributed by atoms with Crippen LogP contribution in [0.5, 0.6) is 0 Å². The molecule has 0 bridgehead atoms. The minimum Gasteiger partial charge on any atom is -0.428 e. The Morgan fingerprint density at radius 2 is 1.69 bits per heavy atom. The maximum atomic E-state index is 13.0. The van der Waals surface area contributed by atoms with E-state index < -0.39 is 48.8 Å². The number of hydrogen-bond acceptors (Lipinski definition) is 8. The lowest BCUT2D eigenvalue weighted by atomic mass is 9.95. The summed E-state index contributed by atoms with van der Waals surface area (Å²) < 4.78 is 22.7. The summed E-state index contributed by atoms with van der Waals surface area (Å²) in [6.45, 7) is 1.26. The minimum absolute atomic E-state index is 0.0179. The van der Waals surface area contributed by atoms with Crippen LogP contribution in [0.15, 0.2) is 66.2 Å². The standard InChI is InChI=1S/C26H29NO8/c1-15(28)27-21-23(30)22(29)19(14-32-2)33-26(21)35-25-20(17-11-7-4-8-12-17)18(24(31)34-25)13-16-9-5-3-6-10-16/h3-12,19,21-23,25-26,29-30H,13-14H2,1-2H3,(H,27,28)/t19-,21+,22+,23+,25+,26-/m0/s1. The van der Waals surface area contributed by atoms with Gasteiger partial charge in [0.25, 0.3) is 0 Å². The van der Waals surface area contributed by atoms with E-state index in [2.05, 4.69) is 5.32 Å². The Balaban J connectivity index is 1.68.